The van der Waals surface area contributed by atoms with Crippen LogP contribution in [0.4, 0.5) is 0 Å². The summed E-state index contributed by atoms with van der Waals surface area (Å²) in [4.78, 5) is 37.8. The van der Waals surface area contributed by atoms with E-state index in [0.29, 0.717) is 30.6 Å². The minimum Gasteiger partial charge on any atom is -0.349 e. The van der Waals surface area contributed by atoms with Crippen molar-refractivity contribution in [1.29, 1.82) is 0 Å². The maximum atomic E-state index is 12.3. The molecule has 2 N–H and O–H groups in total. The first-order chi connectivity index (χ1) is 11.1. The van der Waals surface area contributed by atoms with Crippen LogP contribution in [0.2, 0.25) is 0 Å². The lowest BCUT2D eigenvalue weighted by Crippen LogP contribution is -2.37. The molecular formula is C17H21N3O3. The van der Waals surface area contributed by atoms with E-state index in [0.717, 1.165) is 12.8 Å². The van der Waals surface area contributed by atoms with Crippen LogP contribution >= 0.6 is 0 Å². The molecule has 1 heterocycles. The molecule has 1 aromatic rings. The third kappa shape index (κ3) is 3.70. The zero-order valence-electron chi connectivity index (χ0n) is 13.2. The first-order valence-electron chi connectivity index (χ1n) is 8.06. The molecule has 2 aliphatic rings. The first kappa shape index (κ1) is 15.5. The van der Waals surface area contributed by atoms with Crippen molar-refractivity contribution in [2.24, 2.45) is 0 Å². The zero-order valence-corrected chi connectivity index (χ0v) is 13.2. The van der Waals surface area contributed by atoms with Gasteiger partial charge in [0.2, 0.25) is 5.91 Å². The Balaban J connectivity index is 1.63. The molecule has 1 aliphatic heterocycles. The standard InChI is InChI=1S/C17H21N3O3/c1-2-20-10-14(9-15(20)21)19-17(23)12-5-3-4-11(8-12)16(22)18-13-6-7-13/h3-5,8,13-14H,2,6-7,9-10H2,1H3,(H,18,22)(H,19,23)/t14-/m0/s1. The van der Waals surface area contributed by atoms with Gasteiger partial charge in [-0.25, -0.2) is 0 Å². The minimum absolute atomic E-state index is 0.0651. The fourth-order valence-corrected chi connectivity index (χ4v) is 2.74. The van der Waals surface area contributed by atoms with E-state index in [2.05, 4.69) is 10.6 Å². The Morgan fingerprint density at radius 2 is 1.74 bits per heavy atom. The smallest absolute Gasteiger partial charge is 0.251 e. The Morgan fingerprint density at radius 1 is 1.13 bits per heavy atom. The van der Waals surface area contributed by atoms with Crippen molar-refractivity contribution in [2.45, 2.75) is 38.3 Å². The fourth-order valence-electron chi connectivity index (χ4n) is 2.74. The lowest BCUT2D eigenvalue weighted by Gasteiger charge is -2.15. The molecular weight excluding hydrogens is 294 g/mol. The first-order valence-corrected chi connectivity index (χ1v) is 8.06. The quantitative estimate of drug-likeness (QED) is 0.848. The minimum atomic E-state index is -0.248. The van der Waals surface area contributed by atoms with Crippen LogP contribution in [0.25, 0.3) is 0 Å². The van der Waals surface area contributed by atoms with Gasteiger partial charge in [0.05, 0.1) is 6.04 Å². The van der Waals surface area contributed by atoms with E-state index < -0.39 is 0 Å². The SMILES string of the molecule is CCN1C[C@@H](NC(=O)c2cccc(C(=O)NC3CC3)c2)CC1=O. The summed E-state index contributed by atoms with van der Waals surface area (Å²) in [5, 5.41) is 5.78. The van der Waals surface area contributed by atoms with E-state index in [1.54, 1.807) is 29.2 Å². The van der Waals surface area contributed by atoms with E-state index in [1.165, 1.54) is 0 Å². The highest BCUT2D eigenvalue weighted by atomic mass is 16.2. The highest BCUT2D eigenvalue weighted by Crippen LogP contribution is 2.19. The van der Waals surface area contributed by atoms with E-state index in [9.17, 15) is 14.4 Å². The van der Waals surface area contributed by atoms with Crippen LogP contribution in [0.3, 0.4) is 0 Å². The summed E-state index contributed by atoms with van der Waals surface area (Å²) in [7, 11) is 0. The van der Waals surface area contributed by atoms with Gasteiger partial charge in [0.15, 0.2) is 0 Å². The maximum absolute atomic E-state index is 12.3. The Kier molecular flexibility index (Phi) is 4.32. The number of rotatable bonds is 5. The second-order valence-electron chi connectivity index (χ2n) is 6.14. The predicted octanol–water partition coefficient (Wildman–Crippen LogP) is 0.929. The number of hydrogen-bond donors (Lipinski definition) is 2. The highest BCUT2D eigenvalue weighted by Gasteiger charge is 2.29. The lowest BCUT2D eigenvalue weighted by atomic mass is 10.1. The molecule has 122 valence electrons. The van der Waals surface area contributed by atoms with Crippen molar-refractivity contribution in [3.8, 4) is 0 Å². The second-order valence-corrected chi connectivity index (χ2v) is 6.14. The van der Waals surface area contributed by atoms with E-state index in [1.807, 2.05) is 6.92 Å². The Hall–Kier alpha value is -2.37. The van der Waals surface area contributed by atoms with Crippen molar-refractivity contribution in [1.82, 2.24) is 15.5 Å². The predicted molar refractivity (Wildman–Crippen MR) is 85.1 cm³/mol. The van der Waals surface area contributed by atoms with Gasteiger partial charge in [-0.05, 0) is 38.0 Å². The van der Waals surface area contributed by atoms with Gasteiger partial charge in [-0.1, -0.05) is 6.07 Å². The van der Waals surface area contributed by atoms with E-state index in [4.69, 9.17) is 0 Å². The van der Waals surface area contributed by atoms with Crippen molar-refractivity contribution in [3.63, 3.8) is 0 Å². The van der Waals surface area contributed by atoms with Crippen LogP contribution in [0, 0.1) is 0 Å². The fraction of sp³-hybridized carbons (Fsp3) is 0.471. The van der Waals surface area contributed by atoms with Gasteiger partial charge in [-0.15, -0.1) is 0 Å². The van der Waals surface area contributed by atoms with Gasteiger partial charge in [0.25, 0.3) is 11.8 Å². The second kappa shape index (κ2) is 6.40. The summed E-state index contributed by atoms with van der Waals surface area (Å²) in [6, 6.07) is 6.80. The summed E-state index contributed by atoms with van der Waals surface area (Å²) in [5.74, 6) is -0.326. The summed E-state index contributed by atoms with van der Waals surface area (Å²) >= 11 is 0. The summed E-state index contributed by atoms with van der Waals surface area (Å²) < 4.78 is 0. The average molecular weight is 315 g/mol. The highest BCUT2D eigenvalue weighted by molar-refractivity contribution is 6.00. The van der Waals surface area contributed by atoms with Gasteiger partial charge in [0.1, 0.15) is 0 Å². The van der Waals surface area contributed by atoms with E-state index >= 15 is 0 Å². The Labute approximate surface area is 135 Å². The molecule has 0 aromatic heterocycles. The number of nitrogens with zero attached hydrogens (tertiary/aromatic N) is 1. The van der Waals surface area contributed by atoms with Gasteiger partial charge >= 0.3 is 0 Å². The van der Waals surface area contributed by atoms with Gasteiger partial charge < -0.3 is 15.5 Å². The van der Waals surface area contributed by atoms with E-state index in [-0.39, 0.29) is 29.8 Å². The lowest BCUT2D eigenvalue weighted by molar-refractivity contribution is -0.127. The molecule has 2 fully saturated rings. The van der Waals surface area contributed by atoms with Crippen LogP contribution in [0.5, 0.6) is 0 Å². The average Bonchev–Trinajstić information content (AvgIpc) is 3.29. The number of likely N-dealkylation sites (tertiary alicyclic amines) is 1. The Bertz CT molecular complexity index is 640. The molecule has 6 nitrogen and oxygen atoms in total. The molecule has 1 saturated heterocycles. The third-order valence-electron chi connectivity index (χ3n) is 4.23. The number of benzene rings is 1. The summed E-state index contributed by atoms with van der Waals surface area (Å²) in [6.45, 7) is 3.12. The molecule has 0 bridgehead atoms. The Morgan fingerprint density at radius 3 is 2.26 bits per heavy atom. The molecule has 3 amide bonds. The number of carbonyl (C=O) groups is 3. The number of hydrogen-bond acceptors (Lipinski definition) is 3. The third-order valence-corrected chi connectivity index (χ3v) is 4.23. The summed E-state index contributed by atoms with van der Waals surface area (Å²) in [6.07, 6.45) is 2.38. The zero-order chi connectivity index (χ0) is 16.4. The van der Waals surface area contributed by atoms with Gasteiger partial charge in [0, 0.05) is 36.7 Å². The molecule has 6 heteroatoms. The number of amides is 3. The monoisotopic (exact) mass is 315 g/mol. The normalized spacial score (nSPS) is 20.5. The van der Waals surface area contributed by atoms with Crippen molar-refractivity contribution in [3.05, 3.63) is 35.4 Å². The number of carbonyl (C=O) groups excluding carboxylic acids is 3. The molecule has 1 aliphatic carbocycles. The maximum Gasteiger partial charge on any atom is 0.251 e. The van der Waals surface area contributed by atoms with Crippen LogP contribution < -0.4 is 10.6 Å². The van der Waals surface area contributed by atoms with Gasteiger partial charge in [-0.2, -0.15) is 0 Å². The van der Waals surface area contributed by atoms with Crippen LogP contribution in [0.1, 0.15) is 46.9 Å². The molecule has 0 radical (unpaired) electrons. The topological polar surface area (TPSA) is 78.5 Å². The molecule has 3 rings (SSSR count). The molecule has 0 unspecified atom stereocenters. The van der Waals surface area contributed by atoms with Crippen LogP contribution in [-0.2, 0) is 4.79 Å². The molecule has 0 spiro atoms. The number of nitrogens with one attached hydrogen (secondary N) is 2. The molecule has 1 saturated carbocycles. The van der Waals surface area contributed by atoms with Crippen molar-refractivity contribution in [2.75, 3.05) is 13.1 Å². The van der Waals surface area contributed by atoms with Gasteiger partial charge in [-0.3, -0.25) is 14.4 Å². The number of likely N-dealkylation sites (N-methyl/N-ethyl adjacent to an activating group) is 1. The largest absolute Gasteiger partial charge is 0.349 e. The summed E-state index contributed by atoms with van der Waals surface area (Å²) in [5.41, 5.74) is 0.929. The van der Waals surface area contributed by atoms with Crippen molar-refractivity contribution < 1.29 is 14.4 Å². The van der Waals surface area contributed by atoms with Crippen LogP contribution in [0.15, 0.2) is 24.3 Å². The van der Waals surface area contributed by atoms with Crippen LogP contribution in [-0.4, -0.2) is 47.8 Å². The van der Waals surface area contributed by atoms with Crippen molar-refractivity contribution >= 4 is 17.7 Å². The molecule has 23 heavy (non-hydrogen) atoms. The molecule has 1 atom stereocenters. The molecule has 1 aromatic carbocycles.